The van der Waals surface area contributed by atoms with Crippen molar-refractivity contribution < 1.29 is 4.79 Å². The highest BCUT2D eigenvalue weighted by Gasteiger charge is 2.30. The smallest absolute Gasteiger partial charge is 0.257 e. The minimum Gasteiger partial charge on any atom is -0.399 e. The van der Waals surface area contributed by atoms with E-state index < -0.39 is 0 Å². The number of guanidine groups is 1. The average molecular weight is 305 g/mol. The quantitative estimate of drug-likeness (QED) is 0.788. The largest absolute Gasteiger partial charge is 0.399 e. The number of amides is 1. The van der Waals surface area contributed by atoms with Crippen molar-refractivity contribution in [2.24, 2.45) is 9.98 Å². The highest BCUT2D eigenvalue weighted by molar-refractivity contribution is 6.19. The molecule has 0 saturated carbocycles. The van der Waals surface area contributed by atoms with Crippen molar-refractivity contribution in [1.82, 2.24) is 10.2 Å². The molecule has 0 aliphatic carbocycles. The Morgan fingerprint density at radius 1 is 1.13 bits per heavy atom. The molecule has 2 aromatic rings. The van der Waals surface area contributed by atoms with E-state index in [0.717, 1.165) is 17.1 Å². The fourth-order valence-electron chi connectivity index (χ4n) is 2.72. The maximum absolute atomic E-state index is 12.4. The zero-order chi connectivity index (χ0) is 15.8. The summed E-state index contributed by atoms with van der Waals surface area (Å²) < 4.78 is 0. The summed E-state index contributed by atoms with van der Waals surface area (Å²) in [6.07, 6.45) is 0. The van der Waals surface area contributed by atoms with Gasteiger partial charge in [0.05, 0.1) is 12.2 Å². The Balaban J connectivity index is 1.66. The van der Waals surface area contributed by atoms with Gasteiger partial charge in [-0.15, -0.1) is 0 Å². The van der Waals surface area contributed by atoms with Crippen molar-refractivity contribution >= 4 is 29.1 Å². The summed E-state index contributed by atoms with van der Waals surface area (Å²) in [7, 11) is 0. The molecule has 0 aromatic heterocycles. The number of nitrogens with two attached hydrogens (primary N) is 1. The third-order valence-electron chi connectivity index (χ3n) is 3.87. The molecule has 0 unspecified atom stereocenters. The molecule has 114 valence electrons. The number of nitrogens with zero attached hydrogens (tertiary/aromatic N) is 3. The molecule has 2 aliphatic rings. The van der Waals surface area contributed by atoms with E-state index in [1.807, 2.05) is 29.2 Å². The minimum absolute atomic E-state index is 0.214. The number of carbonyl (C=O) groups excluding carboxylic acids is 1. The van der Waals surface area contributed by atoms with E-state index in [2.05, 4.69) is 15.3 Å². The summed E-state index contributed by atoms with van der Waals surface area (Å²) in [5, 5.41) is 2.88. The molecule has 1 amide bonds. The molecule has 0 radical (unpaired) electrons. The molecular weight excluding hydrogens is 290 g/mol. The van der Waals surface area contributed by atoms with Crippen LogP contribution in [0.5, 0.6) is 0 Å². The molecule has 6 nitrogen and oxygen atoms in total. The molecular formula is C17H15N5O. The summed E-state index contributed by atoms with van der Waals surface area (Å²) in [5.41, 5.74) is 8.63. The van der Waals surface area contributed by atoms with Crippen LogP contribution in [0.4, 0.5) is 11.4 Å². The van der Waals surface area contributed by atoms with Crippen LogP contribution in [0.1, 0.15) is 15.9 Å². The van der Waals surface area contributed by atoms with Gasteiger partial charge in [-0.2, -0.15) is 0 Å². The van der Waals surface area contributed by atoms with Crippen molar-refractivity contribution in [3.05, 3.63) is 59.7 Å². The predicted molar refractivity (Wildman–Crippen MR) is 90.0 cm³/mol. The van der Waals surface area contributed by atoms with Gasteiger partial charge in [0, 0.05) is 23.4 Å². The van der Waals surface area contributed by atoms with Crippen molar-refractivity contribution in [1.29, 1.82) is 0 Å². The minimum atomic E-state index is -0.214. The van der Waals surface area contributed by atoms with E-state index in [0.29, 0.717) is 30.3 Å². The van der Waals surface area contributed by atoms with E-state index in [1.54, 1.807) is 24.3 Å². The maximum atomic E-state index is 12.4. The first-order chi connectivity index (χ1) is 11.2. The van der Waals surface area contributed by atoms with Crippen molar-refractivity contribution in [2.45, 2.75) is 0 Å². The van der Waals surface area contributed by atoms with E-state index in [4.69, 9.17) is 5.73 Å². The van der Waals surface area contributed by atoms with Crippen molar-refractivity contribution in [3.63, 3.8) is 0 Å². The van der Waals surface area contributed by atoms with Gasteiger partial charge in [0.1, 0.15) is 5.84 Å². The van der Waals surface area contributed by atoms with Crippen molar-refractivity contribution in [2.75, 3.05) is 18.8 Å². The predicted octanol–water partition coefficient (Wildman–Crippen LogP) is 1.76. The Labute approximate surface area is 133 Å². The zero-order valence-corrected chi connectivity index (χ0v) is 12.4. The van der Waals surface area contributed by atoms with Gasteiger partial charge in [0.2, 0.25) is 5.96 Å². The SMILES string of the molecule is Nc1ccc(C(=O)NC2=Nc3ccccc3C3=NCCN23)cc1. The Hall–Kier alpha value is -3.15. The van der Waals surface area contributed by atoms with Gasteiger partial charge in [-0.05, 0) is 36.4 Å². The summed E-state index contributed by atoms with van der Waals surface area (Å²) in [6, 6.07) is 14.6. The summed E-state index contributed by atoms with van der Waals surface area (Å²) in [5.74, 6) is 1.17. The number of hydrogen-bond donors (Lipinski definition) is 2. The third kappa shape index (κ3) is 2.34. The molecule has 0 saturated heterocycles. The lowest BCUT2D eigenvalue weighted by molar-refractivity contribution is 0.0974. The van der Waals surface area contributed by atoms with Gasteiger partial charge in [-0.25, -0.2) is 4.99 Å². The lowest BCUT2D eigenvalue weighted by Crippen LogP contribution is -2.47. The van der Waals surface area contributed by atoms with Crippen LogP contribution in [-0.2, 0) is 0 Å². The van der Waals surface area contributed by atoms with E-state index in [-0.39, 0.29) is 5.91 Å². The number of para-hydroxylation sites is 1. The van der Waals surface area contributed by atoms with Gasteiger partial charge < -0.3 is 5.73 Å². The van der Waals surface area contributed by atoms with E-state index >= 15 is 0 Å². The van der Waals surface area contributed by atoms with Gasteiger partial charge in [-0.3, -0.25) is 20.0 Å². The molecule has 2 aromatic carbocycles. The lowest BCUT2D eigenvalue weighted by atomic mass is 10.1. The molecule has 0 bridgehead atoms. The molecule has 3 N–H and O–H groups in total. The van der Waals surface area contributed by atoms with Gasteiger partial charge in [-0.1, -0.05) is 12.1 Å². The fraction of sp³-hybridized carbons (Fsp3) is 0.118. The van der Waals surface area contributed by atoms with Crippen molar-refractivity contribution in [3.8, 4) is 0 Å². The maximum Gasteiger partial charge on any atom is 0.257 e. The topological polar surface area (TPSA) is 83.1 Å². The molecule has 23 heavy (non-hydrogen) atoms. The molecule has 4 rings (SSSR count). The second-order valence-corrected chi connectivity index (χ2v) is 5.39. The monoisotopic (exact) mass is 305 g/mol. The summed E-state index contributed by atoms with van der Waals surface area (Å²) in [6.45, 7) is 1.41. The molecule has 0 atom stereocenters. The number of benzene rings is 2. The van der Waals surface area contributed by atoms with Crippen LogP contribution in [-0.4, -0.2) is 35.7 Å². The van der Waals surface area contributed by atoms with Crippen LogP contribution in [0.2, 0.25) is 0 Å². The average Bonchev–Trinajstić information content (AvgIpc) is 3.06. The molecule has 0 fully saturated rings. The molecule has 6 heteroatoms. The Kier molecular flexibility index (Phi) is 3.08. The van der Waals surface area contributed by atoms with E-state index in [9.17, 15) is 4.79 Å². The van der Waals surface area contributed by atoms with Gasteiger partial charge in [0.25, 0.3) is 5.91 Å². The van der Waals surface area contributed by atoms with Crippen LogP contribution >= 0.6 is 0 Å². The van der Waals surface area contributed by atoms with Gasteiger partial charge in [0.15, 0.2) is 0 Å². The van der Waals surface area contributed by atoms with Crippen LogP contribution in [0.15, 0.2) is 58.5 Å². The lowest BCUT2D eigenvalue weighted by Gasteiger charge is -2.27. The highest BCUT2D eigenvalue weighted by Crippen LogP contribution is 2.27. The molecule has 2 aliphatic heterocycles. The molecule has 2 heterocycles. The summed E-state index contributed by atoms with van der Waals surface area (Å²) in [4.78, 5) is 23.5. The molecule has 0 spiro atoms. The Bertz CT molecular complexity index is 838. The van der Waals surface area contributed by atoms with E-state index in [1.165, 1.54) is 0 Å². The normalized spacial score (nSPS) is 15.4. The third-order valence-corrected chi connectivity index (χ3v) is 3.87. The fourth-order valence-corrected chi connectivity index (χ4v) is 2.72. The number of fused-ring (bicyclic) bond motifs is 3. The van der Waals surface area contributed by atoms with Crippen LogP contribution in [0.3, 0.4) is 0 Å². The van der Waals surface area contributed by atoms with Crippen LogP contribution in [0.25, 0.3) is 0 Å². The number of nitrogen functional groups attached to an aromatic ring is 1. The number of hydrogen-bond acceptors (Lipinski definition) is 5. The first-order valence-corrected chi connectivity index (χ1v) is 7.39. The second kappa shape index (κ2) is 5.24. The number of anilines is 1. The number of rotatable bonds is 1. The number of aliphatic imine (C=N–C) groups is 2. The van der Waals surface area contributed by atoms with Crippen LogP contribution in [0, 0.1) is 0 Å². The second-order valence-electron chi connectivity index (χ2n) is 5.39. The standard InChI is InChI=1S/C17H15N5O/c18-12-7-5-11(6-8-12)16(23)21-17-20-14-4-2-1-3-13(14)15-19-9-10-22(15)17/h1-8H,9-10,18H2,(H,20,21,23). The highest BCUT2D eigenvalue weighted by atomic mass is 16.1. The van der Waals surface area contributed by atoms with Crippen LogP contribution < -0.4 is 11.1 Å². The first kappa shape index (κ1) is 13.5. The Morgan fingerprint density at radius 3 is 2.74 bits per heavy atom. The summed E-state index contributed by atoms with van der Waals surface area (Å²) >= 11 is 0. The number of carbonyl (C=O) groups is 1. The first-order valence-electron chi connectivity index (χ1n) is 7.39. The number of nitrogens with one attached hydrogen (secondary N) is 1. The van der Waals surface area contributed by atoms with Gasteiger partial charge >= 0.3 is 0 Å². The number of amidine groups is 1. The Morgan fingerprint density at radius 2 is 1.91 bits per heavy atom. The zero-order valence-electron chi connectivity index (χ0n) is 12.4.